The van der Waals surface area contributed by atoms with Crippen LogP contribution in [0.25, 0.3) is 11.3 Å². The molecule has 0 spiro atoms. The first-order chi connectivity index (χ1) is 7.76. The van der Waals surface area contributed by atoms with Crippen molar-refractivity contribution in [2.75, 3.05) is 7.11 Å². The highest BCUT2D eigenvalue weighted by Gasteiger charge is 2.14. The highest BCUT2D eigenvalue weighted by molar-refractivity contribution is 9.10. The maximum atomic E-state index is 8.88. The number of ether oxygens (including phenoxy) is 1. The van der Waals surface area contributed by atoms with Gasteiger partial charge in [-0.25, -0.2) is 0 Å². The lowest BCUT2D eigenvalue weighted by Crippen LogP contribution is -1.90. The summed E-state index contributed by atoms with van der Waals surface area (Å²) in [6.07, 6.45) is 0. The minimum absolute atomic E-state index is 0.247. The summed E-state index contributed by atoms with van der Waals surface area (Å²) in [5.41, 5.74) is 1.46. The fraction of sp³-hybridized carbons (Fsp3) is 0.100. The molecule has 0 saturated carbocycles. The fourth-order valence-corrected chi connectivity index (χ4v) is 1.72. The van der Waals surface area contributed by atoms with Gasteiger partial charge < -0.3 is 4.74 Å². The first-order valence-electron chi connectivity index (χ1n) is 4.41. The molecule has 0 atom stereocenters. The van der Waals surface area contributed by atoms with Crippen LogP contribution in [0, 0.1) is 11.3 Å². The summed E-state index contributed by atoms with van der Waals surface area (Å²) in [5.74, 6) is 0.647. The van der Waals surface area contributed by atoms with Crippen molar-refractivity contribution in [2.45, 2.75) is 0 Å². The third-order valence-corrected chi connectivity index (χ3v) is 2.56. The van der Waals surface area contributed by atoms with E-state index in [1.807, 2.05) is 18.2 Å². The Morgan fingerprint density at radius 2 is 2.25 bits per heavy atom. The number of aromatic nitrogens is 3. The Kier molecular flexibility index (Phi) is 2.88. The number of H-pyrrole nitrogens is 1. The van der Waals surface area contributed by atoms with Gasteiger partial charge in [-0.1, -0.05) is 15.9 Å². The van der Waals surface area contributed by atoms with Crippen molar-refractivity contribution < 1.29 is 4.74 Å². The zero-order valence-electron chi connectivity index (χ0n) is 8.36. The summed E-state index contributed by atoms with van der Waals surface area (Å²) in [4.78, 5) is 0. The second kappa shape index (κ2) is 4.33. The summed E-state index contributed by atoms with van der Waals surface area (Å²) >= 11 is 3.36. The Morgan fingerprint density at radius 1 is 1.44 bits per heavy atom. The molecular weight excluding hydrogens is 272 g/mol. The van der Waals surface area contributed by atoms with Crippen LogP contribution < -0.4 is 4.74 Å². The second-order valence-corrected chi connectivity index (χ2v) is 3.89. The quantitative estimate of drug-likeness (QED) is 0.913. The second-order valence-electron chi connectivity index (χ2n) is 2.98. The van der Waals surface area contributed by atoms with Gasteiger partial charge in [0.25, 0.3) is 0 Å². The minimum Gasteiger partial charge on any atom is -0.496 e. The molecule has 0 aliphatic rings. The van der Waals surface area contributed by atoms with Crippen molar-refractivity contribution in [3.05, 3.63) is 28.4 Å². The smallest absolute Gasteiger partial charge is 0.190 e. The molecule has 0 amide bonds. The number of aromatic amines is 1. The monoisotopic (exact) mass is 278 g/mol. The Bertz CT molecular complexity index is 558. The van der Waals surface area contributed by atoms with Gasteiger partial charge in [-0.05, 0) is 18.2 Å². The van der Waals surface area contributed by atoms with Crippen LogP contribution in [0.1, 0.15) is 5.69 Å². The number of hydrogen-bond donors (Lipinski definition) is 1. The number of nitriles is 1. The molecule has 5 nitrogen and oxygen atoms in total. The van der Waals surface area contributed by atoms with Gasteiger partial charge in [0.15, 0.2) is 5.69 Å². The number of rotatable bonds is 2. The average molecular weight is 279 g/mol. The SMILES string of the molecule is COc1ccc(Br)cc1-c1n[nH]nc1C#N. The third-order valence-electron chi connectivity index (χ3n) is 2.07. The molecule has 2 aromatic rings. The standard InChI is InChI=1S/C10H7BrN4O/c1-16-9-3-2-6(11)4-7(9)10-8(5-12)13-15-14-10/h2-4H,1H3,(H,13,14,15). The van der Waals surface area contributed by atoms with E-state index in [1.165, 1.54) is 0 Å². The van der Waals surface area contributed by atoms with Crippen molar-refractivity contribution in [2.24, 2.45) is 0 Å². The molecule has 1 N–H and O–H groups in total. The molecule has 16 heavy (non-hydrogen) atoms. The molecule has 1 aromatic carbocycles. The number of benzene rings is 1. The summed E-state index contributed by atoms with van der Waals surface area (Å²) in [6, 6.07) is 7.46. The molecule has 0 radical (unpaired) electrons. The molecule has 1 heterocycles. The van der Waals surface area contributed by atoms with Crippen molar-refractivity contribution in [1.29, 1.82) is 5.26 Å². The number of hydrogen-bond acceptors (Lipinski definition) is 4. The van der Waals surface area contributed by atoms with E-state index in [4.69, 9.17) is 10.00 Å². The van der Waals surface area contributed by atoms with E-state index in [0.29, 0.717) is 11.4 Å². The lowest BCUT2D eigenvalue weighted by Gasteiger charge is -2.06. The van der Waals surface area contributed by atoms with Crippen LogP contribution in [-0.2, 0) is 0 Å². The van der Waals surface area contributed by atoms with Crippen LogP contribution in [0.5, 0.6) is 5.75 Å². The predicted octanol–water partition coefficient (Wildman–Crippen LogP) is 2.11. The molecule has 1 aromatic heterocycles. The highest BCUT2D eigenvalue weighted by atomic mass is 79.9. The van der Waals surface area contributed by atoms with Gasteiger partial charge in [0.1, 0.15) is 17.5 Å². The van der Waals surface area contributed by atoms with Crippen LogP contribution in [0.3, 0.4) is 0 Å². The van der Waals surface area contributed by atoms with Gasteiger partial charge in [-0.2, -0.15) is 15.6 Å². The molecule has 0 bridgehead atoms. The fourth-order valence-electron chi connectivity index (χ4n) is 1.36. The maximum absolute atomic E-state index is 8.88. The van der Waals surface area contributed by atoms with Gasteiger partial charge in [0, 0.05) is 10.0 Å². The minimum atomic E-state index is 0.247. The molecule has 80 valence electrons. The number of halogens is 1. The van der Waals surface area contributed by atoms with Gasteiger partial charge in [-0.15, -0.1) is 5.10 Å². The lowest BCUT2D eigenvalue weighted by molar-refractivity contribution is 0.416. The van der Waals surface area contributed by atoms with E-state index in [2.05, 4.69) is 31.3 Å². The Hall–Kier alpha value is -1.87. The van der Waals surface area contributed by atoms with Crippen LogP contribution in [0.15, 0.2) is 22.7 Å². The van der Waals surface area contributed by atoms with E-state index in [1.54, 1.807) is 13.2 Å². The predicted molar refractivity (Wildman–Crippen MR) is 60.8 cm³/mol. The van der Waals surface area contributed by atoms with Crippen LogP contribution in [-0.4, -0.2) is 22.5 Å². The van der Waals surface area contributed by atoms with E-state index >= 15 is 0 Å². The molecule has 0 aliphatic heterocycles. The van der Waals surface area contributed by atoms with Crippen LogP contribution in [0.2, 0.25) is 0 Å². The molecule has 2 rings (SSSR count). The molecule has 6 heteroatoms. The van der Waals surface area contributed by atoms with Gasteiger partial charge in [0.2, 0.25) is 0 Å². The third kappa shape index (κ3) is 1.77. The number of methoxy groups -OCH3 is 1. The van der Waals surface area contributed by atoms with Crippen molar-refractivity contribution in [3.63, 3.8) is 0 Å². The van der Waals surface area contributed by atoms with E-state index < -0.39 is 0 Å². The lowest BCUT2D eigenvalue weighted by atomic mass is 10.1. The molecule has 0 unspecified atom stereocenters. The summed E-state index contributed by atoms with van der Waals surface area (Å²) in [5, 5.41) is 19.0. The summed E-state index contributed by atoms with van der Waals surface area (Å²) in [6.45, 7) is 0. The zero-order valence-corrected chi connectivity index (χ0v) is 9.95. The average Bonchev–Trinajstić information content (AvgIpc) is 2.76. The van der Waals surface area contributed by atoms with E-state index in [0.717, 1.165) is 10.0 Å². The van der Waals surface area contributed by atoms with Crippen molar-refractivity contribution in [3.8, 4) is 23.1 Å². The Morgan fingerprint density at radius 3 is 2.94 bits per heavy atom. The molecule has 0 aliphatic carbocycles. The highest BCUT2D eigenvalue weighted by Crippen LogP contribution is 2.32. The van der Waals surface area contributed by atoms with E-state index in [9.17, 15) is 0 Å². The molecule has 0 fully saturated rings. The topological polar surface area (TPSA) is 74.6 Å². The van der Waals surface area contributed by atoms with Crippen molar-refractivity contribution in [1.82, 2.24) is 15.4 Å². The Balaban J connectivity index is 2.63. The number of nitrogens with one attached hydrogen (secondary N) is 1. The first kappa shape index (κ1) is 10.6. The first-order valence-corrected chi connectivity index (χ1v) is 5.20. The van der Waals surface area contributed by atoms with Gasteiger partial charge in [-0.3, -0.25) is 0 Å². The molecular formula is C10H7BrN4O. The van der Waals surface area contributed by atoms with Crippen LogP contribution >= 0.6 is 15.9 Å². The zero-order chi connectivity index (χ0) is 11.5. The Labute approximate surface area is 100 Å². The van der Waals surface area contributed by atoms with E-state index in [-0.39, 0.29) is 5.69 Å². The summed E-state index contributed by atoms with van der Waals surface area (Å²) < 4.78 is 6.10. The van der Waals surface area contributed by atoms with Crippen molar-refractivity contribution >= 4 is 15.9 Å². The number of nitrogens with zero attached hydrogens (tertiary/aromatic N) is 3. The van der Waals surface area contributed by atoms with Gasteiger partial charge >= 0.3 is 0 Å². The largest absolute Gasteiger partial charge is 0.496 e. The van der Waals surface area contributed by atoms with Crippen LogP contribution in [0.4, 0.5) is 0 Å². The normalized spacial score (nSPS) is 9.81. The summed E-state index contributed by atoms with van der Waals surface area (Å²) in [7, 11) is 1.57. The molecule has 0 saturated heterocycles. The van der Waals surface area contributed by atoms with Gasteiger partial charge in [0.05, 0.1) is 7.11 Å². The maximum Gasteiger partial charge on any atom is 0.190 e.